The number of hydrogen-bond acceptors (Lipinski definition) is 4. The number of hydrogen-bond donors (Lipinski definition) is 1. The Bertz CT molecular complexity index is 671. The van der Waals surface area contributed by atoms with Crippen LogP contribution in [0.25, 0.3) is 0 Å². The predicted octanol–water partition coefficient (Wildman–Crippen LogP) is 3.19. The first-order valence-electron chi connectivity index (χ1n) is 7.95. The number of ether oxygens (including phenoxy) is 2. The summed E-state index contributed by atoms with van der Waals surface area (Å²) in [6.45, 7) is 1.87. The smallest absolute Gasteiger partial charge is 0.161 e. The Kier molecular flexibility index (Phi) is 4.72. The van der Waals surface area contributed by atoms with Crippen molar-refractivity contribution in [3.05, 3.63) is 53.6 Å². The summed E-state index contributed by atoms with van der Waals surface area (Å²) in [6, 6.07) is 14.1. The number of nitrogens with zero attached hydrogens (tertiary/aromatic N) is 1. The van der Waals surface area contributed by atoms with Crippen LogP contribution in [0.3, 0.4) is 0 Å². The van der Waals surface area contributed by atoms with Gasteiger partial charge in [-0.15, -0.1) is 0 Å². The zero-order valence-electron chi connectivity index (χ0n) is 13.7. The molecule has 0 saturated carbocycles. The van der Waals surface area contributed by atoms with E-state index < -0.39 is 6.10 Å². The van der Waals surface area contributed by atoms with Gasteiger partial charge in [-0.2, -0.15) is 0 Å². The highest BCUT2D eigenvalue weighted by Crippen LogP contribution is 2.32. The Morgan fingerprint density at radius 3 is 2.65 bits per heavy atom. The SMILES string of the molecule is COc1ccc(C(O)CCN2CCc3ccccc32)cc1OC. The van der Waals surface area contributed by atoms with Crippen LogP contribution in [0.2, 0.25) is 0 Å². The Morgan fingerprint density at radius 1 is 1.09 bits per heavy atom. The minimum Gasteiger partial charge on any atom is -0.493 e. The van der Waals surface area contributed by atoms with Gasteiger partial charge in [0.2, 0.25) is 0 Å². The van der Waals surface area contributed by atoms with Crippen molar-refractivity contribution in [1.29, 1.82) is 0 Å². The normalized spacial score (nSPS) is 14.5. The van der Waals surface area contributed by atoms with Crippen molar-refractivity contribution in [1.82, 2.24) is 0 Å². The Morgan fingerprint density at radius 2 is 1.87 bits per heavy atom. The average Bonchev–Trinajstić information content (AvgIpc) is 3.02. The molecular weight excluding hydrogens is 290 g/mol. The van der Waals surface area contributed by atoms with E-state index in [1.807, 2.05) is 18.2 Å². The van der Waals surface area contributed by atoms with Gasteiger partial charge in [0.15, 0.2) is 11.5 Å². The van der Waals surface area contributed by atoms with Crippen LogP contribution in [-0.2, 0) is 6.42 Å². The molecule has 0 aliphatic carbocycles. The van der Waals surface area contributed by atoms with E-state index in [0.717, 1.165) is 25.1 Å². The van der Waals surface area contributed by atoms with Crippen LogP contribution in [0.15, 0.2) is 42.5 Å². The number of aliphatic hydroxyl groups is 1. The monoisotopic (exact) mass is 313 g/mol. The Hall–Kier alpha value is -2.20. The predicted molar refractivity (Wildman–Crippen MR) is 91.5 cm³/mol. The summed E-state index contributed by atoms with van der Waals surface area (Å²) in [7, 11) is 3.22. The highest BCUT2D eigenvalue weighted by Gasteiger charge is 2.19. The first kappa shape index (κ1) is 15.7. The summed E-state index contributed by atoms with van der Waals surface area (Å²) in [4.78, 5) is 2.35. The minimum absolute atomic E-state index is 0.512. The number of benzene rings is 2. The van der Waals surface area contributed by atoms with Gasteiger partial charge < -0.3 is 19.5 Å². The van der Waals surface area contributed by atoms with E-state index in [0.29, 0.717) is 17.9 Å². The van der Waals surface area contributed by atoms with Gasteiger partial charge in [-0.1, -0.05) is 24.3 Å². The number of para-hydroxylation sites is 1. The molecule has 0 bridgehead atoms. The molecule has 1 aliphatic heterocycles. The van der Waals surface area contributed by atoms with Crippen molar-refractivity contribution in [2.24, 2.45) is 0 Å². The molecule has 1 atom stereocenters. The molecule has 0 saturated heterocycles. The molecule has 1 heterocycles. The number of methoxy groups -OCH3 is 2. The van der Waals surface area contributed by atoms with Crippen molar-refractivity contribution in [2.45, 2.75) is 18.9 Å². The molecular formula is C19H23NO3. The summed E-state index contributed by atoms with van der Waals surface area (Å²) in [5.74, 6) is 1.33. The van der Waals surface area contributed by atoms with Gasteiger partial charge in [-0.05, 0) is 42.2 Å². The van der Waals surface area contributed by atoms with Crippen LogP contribution >= 0.6 is 0 Å². The molecule has 0 radical (unpaired) electrons. The molecule has 1 unspecified atom stereocenters. The fourth-order valence-electron chi connectivity index (χ4n) is 3.14. The van der Waals surface area contributed by atoms with Gasteiger partial charge in [0.1, 0.15) is 0 Å². The summed E-state index contributed by atoms with van der Waals surface area (Å²) in [6.07, 6.45) is 1.26. The van der Waals surface area contributed by atoms with Crippen LogP contribution in [0, 0.1) is 0 Å². The van der Waals surface area contributed by atoms with E-state index in [1.165, 1.54) is 11.3 Å². The van der Waals surface area contributed by atoms with Gasteiger partial charge in [-0.25, -0.2) is 0 Å². The number of aliphatic hydroxyl groups excluding tert-OH is 1. The maximum absolute atomic E-state index is 10.5. The van der Waals surface area contributed by atoms with Gasteiger partial charge in [-0.3, -0.25) is 0 Å². The van der Waals surface area contributed by atoms with Crippen LogP contribution < -0.4 is 14.4 Å². The third-order valence-corrected chi connectivity index (χ3v) is 4.45. The maximum Gasteiger partial charge on any atom is 0.161 e. The highest BCUT2D eigenvalue weighted by atomic mass is 16.5. The molecule has 0 aromatic heterocycles. The lowest BCUT2D eigenvalue weighted by atomic mass is 10.1. The standard InChI is InChI=1S/C19H23NO3/c1-22-18-8-7-15(13-19(18)23-2)17(21)10-12-20-11-9-14-5-3-4-6-16(14)20/h3-8,13,17,21H,9-12H2,1-2H3. The molecule has 4 heteroatoms. The van der Waals surface area contributed by atoms with E-state index in [9.17, 15) is 5.11 Å². The topological polar surface area (TPSA) is 41.9 Å². The van der Waals surface area contributed by atoms with Gasteiger partial charge in [0.05, 0.1) is 20.3 Å². The molecule has 122 valence electrons. The number of fused-ring (bicyclic) bond motifs is 1. The van der Waals surface area contributed by atoms with Crippen molar-refractivity contribution >= 4 is 5.69 Å². The van der Waals surface area contributed by atoms with Crippen LogP contribution in [0.5, 0.6) is 11.5 Å². The fraction of sp³-hybridized carbons (Fsp3) is 0.368. The zero-order valence-corrected chi connectivity index (χ0v) is 13.7. The largest absolute Gasteiger partial charge is 0.493 e. The first-order chi connectivity index (χ1) is 11.2. The fourth-order valence-corrected chi connectivity index (χ4v) is 3.14. The summed E-state index contributed by atoms with van der Waals surface area (Å²) in [5.41, 5.74) is 3.55. The zero-order chi connectivity index (χ0) is 16.2. The van der Waals surface area contributed by atoms with Gasteiger partial charge >= 0.3 is 0 Å². The summed E-state index contributed by atoms with van der Waals surface area (Å²) >= 11 is 0. The minimum atomic E-state index is -0.512. The molecule has 1 N–H and O–H groups in total. The molecule has 1 aliphatic rings. The van der Waals surface area contributed by atoms with Crippen molar-refractivity contribution < 1.29 is 14.6 Å². The second-order valence-electron chi connectivity index (χ2n) is 5.78. The number of anilines is 1. The van der Waals surface area contributed by atoms with Crippen molar-refractivity contribution in [3.8, 4) is 11.5 Å². The third kappa shape index (κ3) is 3.27. The van der Waals surface area contributed by atoms with E-state index in [-0.39, 0.29) is 0 Å². The molecule has 23 heavy (non-hydrogen) atoms. The number of rotatable bonds is 6. The average molecular weight is 313 g/mol. The molecule has 4 nitrogen and oxygen atoms in total. The van der Waals surface area contributed by atoms with Crippen LogP contribution in [-0.4, -0.2) is 32.4 Å². The van der Waals surface area contributed by atoms with Gasteiger partial charge in [0, 0.05) is 18.8 Å². The van der Waals surface area contributed by atoms with Crippen molar-refractivity contribution in [2.75, 3.05) is 32.2 Å². The Labute approximate surface area is 137 Å². The molecule has 0 fully saturated rings. The second-order valence-corrected chi connectivity index (χ2v) is 5.78. The summed E-state index contributed by atoms with van der Waals surface area (Å²) < 4.78 is 10.5. The van der Waals surface area contributed by atoms with Crippen LogP contribution in [0.4, 0.5) is 5.69 Å². The molecule has 2 aromatic rings. The maximum atomic E-state index is 10.5. The van der Waals surface area contributed by atoms with E-state index in [2.05, 4.69) is 29.2 Å². The van der Waals surface area contributed by atoms with E-state index in [1.54, 1.807) is 14.2 Å². The van der Waals surface area contributed by atoms with E-state index >= 15 is 0 Å². The molecule has 0 spiro atoms. The van der Waals surface area contributed by atoms with E-state index in [4.69, 9.17) is 9.47 Å². The lowest BCUT2D eigenvalue weighted by molar-refractivity contribution is 0.169. The molecule has 2 aromatic carbocycles. The third-order valence-electron chi connectivity index (χ3n) is 4.45. The molecule has 0 amide bonds. The highest BCUT2D eigenvalue weighted by molar-refractivity contribution is 5.57. The quantitative estimate of drug-likeness (QED) is 0.889. The Balaban J connectivity index is 1.65. The molecule has 3 rings (SSSR count). The second kappa shape index (κ2) is 6.92. The van der Waals surface area contributed by atoms with Crippen LogP contribution in [0.1, 0.15) is 23.7 Å². The summed E-state index contributed by atoms with van der Waals surface area (Å²) in [5, 5.41) is 10.5. The lowest BCUT2D eigenvalue weighted by Gasteiger charge is -2.21. The lowest BCUT2D eigenvalue weighted by Crippen LogP contribution is -2.23. The van der Waals surface area contributed by atoms with Crippen molar-refractivity contribution in [3.63, 3.8) is 0 Å². The first-order valence-corrected chi connectivity index (χ1v) is 7.95. The van der Waals surface area contributed by atoms with Gasteiger partial charge in [0.25, 0.3) is 0 Å².